The first-order valence-electron chi connectivity index (χ1n) is 26.6. The lowest BCUT2D eigenvalue weighted by molar-refractivity contribution is -0.150. The number of amidine groups is 1. The summed E-state index contributed by atoms with van der Waals surface area (Å²) in [5.74, 6) is -0.231. The zero-order valence-corrected chi connectivity index (χ0v) is 42.7. The van der Waals surface area contributed by atoms with Crippen molar-refractivity contribution in [3.05, 3.63) is 0 Å². The highest BCUT2D eigenvalue weighted by Crippen LogP contribution is 2.19. The number of nitrogens with zero attached hydrogens (tertiary/aromatic N) is 3. The molecule has 0 rings (SSSR count). The number of amides is 2. The minimum absolute atomic E-state index is 0.00857. The highest BCUT2D eigenvalue weighted by atomic mass is 16.5. The maximum absolute atomic E-state index is 12.8. The number of nitrogens with one attached hydrogen (secondary N) is 1. The molecule has 10 heteroatoms. The molecule has 0 radical (unpaired) electrons. The Balaban J connectivity index is 0. The molecule has 0 bridgehead atoms. The van der Waals surface area contributed by atoms with Gasteiger partial charge in [-0.1, -0.05) is 169 Å². The van der Waals surface area contributed by atoms with E-state index in [4.69, 9.17) is 9.47 Å². The Hall–Kier alpha value is -2.33. The SMILES string of the molecule is CCCCCCCCC(CC)OC.CCCCCCCCC(CCCCCCCC)OC(=O)CCCCCCCN(CCCCCCCC=O)CCCN=C(NC=O)C(=O)N(C)C. The summed E-state index contributed by atoms with van der Waals surface area (Å²) in [6.07, 6.45) is 42.9. The summed E-state index contributed by atoms with van der Waals surface area (Å²) in [6, 6.07) is 0. The van der Waals surface area contributed by atoms with Crippen molar-refractivity contribution >= 4 is 30.4 Å². The number of ether oxygens (including phenoxy) is 2. The largest absolute Gasteiger partial charge is 0.462 e. The molecule has 63 heavy (non-hydrogen) atoms. The second kappa shape index (κ2) is 50.7. The second-order valence-electron chi connectivity index (χ2n) is 18.2. The van der Waals surface area contributed by atoms with Gasteiger partial charge < -0.3 is 29.4 Å². The van der Waals surface area contributed by atoms with Crippen LogP contribution < -0.4 is 5.32 Å². The number of carbonyl (C=O) groups excluding carboxylic acids is 4. The molecule has 0 aliphatic carbocycles. The lowest BCUT2D eigenvalue weighted by Crippen LogP contribution is -2.39. The molecular weight excluding hydrogens is 789 g/mol. The van der Waals surface area contributed by atoms with Crippen molar-refractivity contribution in [2.45, 2.75) is 265 Å². The quantitative estimate of drug-likeness (QED) is 0.0213. The first-order chi connectivity index (χ1) is 30.7. The van der Waals surface area contributed by atoms with E-state index in [1.165, 1.54) is 114 Å². The number of likely N-dealkylation sites (N-methyl/N-ethyl adjacent to an activating group) is 1. The van der Waals surface area contributed by atoms with E-state index >= 15 is 0 Å². The number of carbonyl (C=O) groups is 4. The van der Waals surface area contributed by atoms with Crippen LogP contribution in [0.2, 0.25) is 0 Å². The zero-order chi connectivity index (χ0) is 46.9. The average molecular weight is 893 g/mol. The number of rotatable bonds is 45. The molecule has 1 atom stereocenters. The van der Waals surface area contributed by atoms with Gasteiger partial charge in [0.1, 0.15) is 12.4 Å². The first-order valence-corrected chi connectivity index (χ1v) is 26.6. The molecule has 0 fully saturated rings. The van der Waals surface area contributed by atoms with E-state index in [0.717, 1.165) is 129 Å². The number of unbranched alkanes of at least 4 members (excludes halogenated alkanes) is 24. The number of aliphatic imine (C=N–C) groups is 1. The third-order valence-corrected chi connectivity index (χ3v) is 12.1. The van der Waals surface area contributed by atoms with E-state index in [1.54, 1.807) is 14.1 Å². The topological polar surface area (TPSA) is 118 Å². The number of aldehydes is 1. The minimum Gasteiger partial charge on any atom is -0.462 e. The van der Waals surface area contributed by atoms with Gasteiger partial charge in [0.15, 0.2) is 5.84 Å². The molecule has 0 saturated carbocycles. The predicted octanol–water partition coefficient (Wildman–Crippen LogP) is 13.4. The third-order valence-electron chi connectivity index (χ3n) is 12.1. The van der Waals surface area contributed by atoms with E-state index in [9.17, 15) is 19.2 Å². The normalized spacial score (nSPS) is 12.0. The molecule has 0 aromatic rings. The van der Waals surface area contributed by atoms with Gasteiger partial charge in [-0.05, 0) is 90.3 Å². The summed E-state index contributed by atoms with van der Waals surface area (Å²) in [7, 11) is 5.11. The van der Waals surface area contributed by atoms with Gasteiger partial charge in [0.05, 0.1) is 6.10 Å². The van der Waals surface area contributed by atoms with Crippen molar-refractivity contribution in [3.63, 3.8) is 0 Å². The second-order valence-corrected chi connectivity index (χ2v) is 18.2. The standard InChI is InChI=1S/C41H78N4O5.C12H26O/c1-5-7-9-11-16-22-29-38(30-23-17-12-10-8-6-2)50-39(48)31-24-18-15-20-26-34-45(33-25-19-13-14-21-27-36-46)35-28-32-42-40(43-37-47)41(49)44(3)4;1-4-6-7-8-9-10-11-12(5-2)13-3/h36-38H,5-35H2,1-4H3,(H,42,43,47);12H,4-11H2,1-3H3. The van der Waals surface area contributed by atoms with Crippen LogP contribution in [0.3, 0.4) is 0 Å². The highest BCUT2D eigenvalue weighted by Gasteiger charge is 2.15. The molecule has 372 valence electrons. The van der Waals surface area contributed by atoms with Gasteiger partial charge in [-0.2, -0.15) is 0 Å². The summed E-state index contributed by atoms with van der Waals surface area (Å²) < 4.78 is 11.4. The van der Waals surface area contributed by atoms with Crippen molar-refractivity contribution in [3.8, 4) is 0 Å². The van der Waals surface area contributed by atoms with E-state index in [1.807, 2.05) is 7.11 Å². The molecule has 0 aromatic carbocycles. The Morgan fingerprint density at radius 3 is 1.43 bits per heavy atom. The van der Waals surface area contributed by atoms with Crippen LogP contribution in [0.25, 0.3) is 0 Å². The van der Waals surface area contributed by atoms with E-state index in [0.29, 0.717) is 31.9 Å². The maximum Gasteiger partial charge on any atom is 0.306 e. The van der Waals surface area contributed by atoms with Crippen LogP contribution in [0.4, 0.5) is 0 Å². The Bertz CT molecular complexity index is 1020. The Kier molecular flexibility index (Phi) is 50.5. The summed E-state index contributed by atoms with van der Waals surface area (Å²) in [4.78, 5) is 54.7. The van der Waals surface area contributed by atoms with Crippen LogP contribution in [0.5, 0.6) is 0 Å². The molecule has 2 amide bonds. The molecule has 0 spiro atoms. The van der Waals surface area contributed by atoms with Gasteiger partial charge in [0.2, 0.25) is 6.41 Å². The Morgan fingerprint density at radius 1 is 0.556 bits per heavy atom. The Morgan fingerprint density at radius 2 is 0.984 bits per heavy atom. The smallest absolute Gasteiger partial charge is 0.306 e. The molecule has 1 N–H and O–H groups in total. The minimum atomic E-state index is -0.307. The lowest BCUT2D eigenvalue weighted by Gasteiger charge is -2.22. The molecule has 0 aromatic heterocycles. The summed E-state index contributed by atoms with van der Waals surface area (Å²) in [5, 5.41) is 2.43. The van der Waals surface area contributed by atoms with Crippen molar-refractivity contribution in [2.75, 3.05) is 47.4 Å². The van der Waals surface area contributed by atoms with E-state index in [-0.39, 0.29) is 23.8 Å². The molecular formula is C53H104N4O6. The first kappa shape index (κ1) is 62.8. The van der Waals surface area contributed by atoms with Crippen molar-refractivity contribution in [2.24, 2.45) is 4.99 Å². The molecule has 1 unspecified atom stereocenters. The van der Waals surface area contributed by atoms with E-state index < -0.39 is 0 Å². The molecule has 10 nitrogen and oxygen atoms in total. The van der Waals surface area contributed by atoms with Crippen molar-refractivity contribution < 1.29 is 28.7 Å². The van der Waals surface area contributed by atoms with Gasteiger partial charge in [-0.3, -0.25) is 19.4 Å². The summed E-state index contributed by atoms with van der Waals surface area (Å²) in [5.41, 5.74) is 0. The molecule has 0 heterocycles. The van der Waals surface area contributed by atoms with Gasteiger partial charge in [0.25, 0.3) is 5.91 Å². The monoisotopic (exact) mass is 893 g/mol. The van der Waals surface area contributed by atoms with Gasteiger partial charge in [-0.15, -0.1) is 0 Å². The summed E-state index contributed by atoms with van der Waals surface area (Å²) >= 11 is 0. The van der Waals surface area contributed by atoms with Crippen LogP contribution in [-0.2, 0) is 28.7 Å². The fourth-order valence-corrected chi connectivity index (χ4v) is 7.94. The number of hydrogen-bond acceptors (Lipinski definition) is 8. The van der Waals surface area contributed by atoms with Gasteiger partial charge >= 0.3 is 5.97 Å². The third kappa shape index (κ3) is 44.6. The van der Waals surface area contributed by atoms with E-state index in [2.05, 4.69) is 42.9 Å². The average Bonchev–Trinajstić information content (AvgIpc) is 3.28. The van der Waals surface area contributed by atoms with Crippen LogP contribution in [0.1, 0.15) is 252 Å². The fraction of sp³-hybridized carbons (Fsp3) is 0.906. The lowest BCUT2D eigenvalue weighted by atomic mass is 10.0. The summed E-state index contributed by atoms with van der Waals surface area (Å²) in [6.45, 7) is 12.4. The number of methoxy groups -OCH3 is 1. The van der Waals surface area contributed by atoms with Crippen LogP contribution in [-0.4, -0.2) is 99.8 Å². The molecule has 0 aliphatic heterocycles. The van der Waals surface area contributed by atoms with Crippen LogP contribution in [0.15, 0.2) is 4.99 Å². The highest BCUT2D eigenvalue weighted by molar-refractivity contribution is 6.39. The van der Waals surface area contributed by atoms with Crippen molar-refractivity contribution in [1.82, 2.24) is 15.1 Å². The zero-order valence-electron chi connectivity index (χ0n) is 42.7. The Labute approximate surface area is 390 Å². The fourth-order valence-electron chi connectivity index (χ4n) is 7.94. The number of esters is 1. The molecule has 0 aliphatic rings. The van der Waals surface area contributed by atoms with Crippen molar-refractivity contribution in [1.29, 1.82) is 0 Å². The number of hydrogen-bond donors (Lipinski definition) is 1. The van der Waals surface area contributed by atoms with Crippen LogP contribution in [0, 0.1) is 0 Å². The predicted molar refractivity (Wildman–Crippen MR) is 268 cm³/mol. The molecule has 0 saturated heterocycles. The van der Waals surface area contributed by atoms with Crippen LogP contribution >= 0.6 is 0 Å². The van der Waals surface area contributed by atoms with Gasteiger partial charge in [0, 0.05) is 40.6 Å². The van der Waals surface area contributed by atoms with Gasteiger partial charge in [-0.25, -0.2) is 0 Å². The maximum atomic E-state index is 12.8.